The minimum atomic E-state index is 0.620. The summed E-state index contributed by atoms with van der Waals surface area (Å²) in [5, 5.41) is 0. The third kappa shape index (κ3) is 10.7. The Hall–Kier alpha value is 6.28. The van der Waals surface area contributed by atoms with Crippen LogP contribution in [0.1, 0.15) is 11.1 Å². The normalized spacial score (nSPS) is 11.1. The van der Waals surface area contributed by atoms with Gasteiger partial charge in [0, 0.05) is 53.7 Å². The Morgan fingerprint density at radius 2 is 0.362 bits per heavy atom. The minimum Gasteiger partial charge on any atom is -0.452 e. The monoisotopic (exact) mass is 1910 g/mol. The van der Waals surface area contributed by atoms with Gasteiger partial charge in [-0.25, -0.2) is 0 Å². The highest BCUT2D eigenvalue weighted by Gasteiger charge is 2.25. The van der Waals surface area contributed by atoms with Crippen LogP contribution < -0.4 is 4.74 Å². The van der Waals surface area contributed by atoms with Crippen LogP contribution in [0.2, 0.25) is 0 Å². The first-order valence-corrected chi connectivity index (χ1v) is 27.3. The maximum atomic E-state index is 6.19. The molecule has 0 aliphatic rings. The van der Waals surface area contributed by atoms with Crippen LogP contribution in [0.15, 0.2) is 89.5 Å². The van der Waals surface area contributed by atoms with Crippen molar-refractivity contribution in [1.29, 1.82) is 0 Å². The van der Waals surface area contributed by atoms with Crippen molar-refractivity contribution in [2.45, 2.75) is 12.8 Å². The van der Waals surface area contributed by atoms with Crippen LogP contribution >= 0.6 is 319 Å². The van der Waals surface area contributed by atoms with Gasteiger partial charge in [0.05, 0.1) is 35.8 Å². The molecular formula is C26H4Br20O. The molecule has 0 amide bonds. The molecule has 0 radical (unpaired) electrons. The molecule has 1 nitrogen and oxygen atoms in total. The molecule has 0 unspecified atom stereocenters. The number of hydrogen-bond donors (Lipinski definition) is 0. The number of halogens is 20. The third-order valence-corrected chi connectivity index (χ3v) is 30.3. The lowest BCUT2D eigenvalue weighted by Gasteiger charge is -2.18. The molecule has 0 bridgehead atoms. The van der Waals surface area contributed by atoms with Crippen LogP contribution in [0.4, 0.5) is 0 Å². The van der Waals surface area contributed by atoms with Gasteiger partial charge in [0.25, 0.3) is 0 Å². The van der Waals surface area contributed by atoms with Crippen molar-refractivity contribution in [2.75, 3.05) is 0 Å². The highest BCUT2D eigenvalue weighted by molar-refractivity contribution is 9.18. The van der Waals surface area contributed by atoms with E-state index in [1.165, 1.54) is 11.1 Å². The first kappa shape index (κ1) is 47.7. The molecule has 0 spiro atoms. The lowest BCUT2D eigenvalue weighted by Crippen LogP contribution is -1.99. The summed E-state index contributed by atoms with van der Waals surface area (Å²) in [7, 11) is 0. The van der Waals surface area contributed by atoms with E-state index < -0.39 is 0 Å². The minimum absolute atomic E-state index is 0.620. The fraction of sp³-hybridized carbons (Fsp3) is 0.0769. The summed E-state index contributed by atoms with van der Waals surface area (Å²) >= 11 is 71.8. The van der Waals surface area contributed by atoms with E-state index in [0.29, 0.717) is 11.5 Å². The standard InChI is InChI=1S/C14H4Br10.C12Br10O/c15-5-3(6(16)10(20)13(23)9(5)19)1-2-4-7(17)11(21)14(24)12(22)8(4)18;13-1-3(15)7(19)11(8(20)4(1)16)23-12-9(21)5(17)2(14)6(18)10(12)22/h1-2H2;. The summed E-state index contributed by atoms with van der Waals surface area (Å²) in [6, 6.07) is 0. The van der Waals surface area contributed by atoms with Crippen molar-refractivity contribution >= 4 is 319 Å². The number of benzene rings is 4. The molecule has 0 aromatic heterocycles. The van der Waals surface area contributed by atoms with Crippen molar-refractivity contribution < 1.29 is 4.74 Å². The Morgan fingerprint density at radius 3 is 0.553 bits per heavy atom. The fourth-order valence-electron chi connectivity index (χ4n) is 3.44. The number of ether oxygens (including phenoxy) is 1. The molecule has 4 aromatic carbocycles. The molecule has 0 N–H and O–H groups in total. The van der Waals surface area contributed by atoms with E-state index in [-0.39, 0.29) is 0 Å². The van der Waals surface area contributed by atoms with Crippen LogP contribution in [-0.2, 0) is 12.8 Å². The largest absolute Gasteiger partial charge is 0.452 e. The number of hydrogen-bond acceptors (Lipinski definition) is 1. The molecule has 4 rings (SSSR count). The lowest BCUT2D eigenvalue weighted by molar-refractivity contribution is 0.468. The van der Waals surface area contributed by atoms with E-state index in [1.807, 2.05) is 0 Å². The molecule has 21 heteroatoms. The van der Waals surface area contributed by atoms with Gasteiger partial charge in [-0.3, -0.25) is 0 Å². The molecular weight excluding hydrogens is 1930 g/mol. The van der Waals surface area contributed by atoms with Gasteiger partial charge >= 0.3 is 0 Å². The average molecular weight is 1930 g/mol. The smallest absolute Gasteiger partial charge is 0.158 e. The van der Waals surface area contributed by atoms with Crippen molar-refractivity contribution in [3.05, 3.63) is 101 Å². The second-order valence-electron chi connectivity index (χ2n) is 8.50. The summed E-state index contributed by atoms with van der Waals surface area (Å²) in [6.07, 6.45) is 1.70. The zero-order valence-electron chi connectivity index (χ0n) is 21.4. The van der Waals surface area contributed by atoms with Crippen molar-refractivity contribution in [3.63, 3.8) is 0 Å². The second kappa shape index (κ2) is 20.8. The second-order valence-corrected chi connectivity index (χ2v) is 24.4. The summed E-state index contributed by atoms with van der Waals surface area (Å²) in [6.45, 7) is 0. The first-order valence-electron chi connectivity index (χ1n) is 11.4. The highest BCUT2D eigenvalue weighted by atomic mass is 79.9. The first-order chi connectivity index (χ1) is 21.7. The SMILES string of the molecule is Brc1c(Br)c(Br)c(CCc2c(Br)c(Br)c(Br)c(Br)c2Br)c(Br)c1Br.Brc1c(Br)c(Br)c(Oc2c(Br)c(Br)c(Br)c(Br)c2Br)c(Br)c1Br. The Labute approximate surface area is 439 Å². The van der Waals surface area contributed by atoms with E-state index in [9.17, 15) is 0 Å². The quantitative estimate of drug-likeness (QED) is 0.143. The molecule has 0 saturated carbocycles. The molecule has 0 saturated heterocycles. The van der Waals surface area contributed by atoms with Crippen molar-refractivity contribution in [2.24, 2.45) is 0 Å². The van der Waals surface area contributed by atoms with Gasteiger partial charge in [-0.15, -0.1) is 0 Å². The van der Waals surface area contributed by atoms with Gasteiger partial charge in [-0.2, -0.15) is 0 Å². The van der Waals surface area contributed by atoms with E-state index in [1.54, 1.807) is 0 Å². The Bertz CT molecular complexity index is 1670. The van der Waals surface area contributed by atoms with Gasteiger partial charge in [0.1, 0.15) is 0 Å². The molecule has 0 fully saturated rings. The Balaban J connectivity index is 0.000000256. The highest BCUT2D eigenvalue weighted by Crippen LogP contribution is 2.55. The molecule has 4 aromatic rings. The molecule has 47 heavy (non-hydrogen) atoms. The molecule has 0 atom stereocenters. The molecule has 0 aliphatic heterocycles. The maximum absolute atomic E-state index is 6.19. The Kier molecular flexibility index (Phi) is 21.1. The predicted molar refractivity (Wildman–Crippen MR) is 267 cm³/mol. The average Bonchev–Trinajstić information content (AvgIpc) is 3.05. The van der Waals surface area contributed by atoms with Crippen LogP contribution in [0.5, 0.6) is 11.5 Å². The topological polar surface area (TPSA) is 9.23 Å². The summed E-state index contributed by atoms with van der Waals surface area (Å²) in [4.78, 5) is 0. The summed E-state index contributed by atoms with van der Waals surface area (Å²) < 4.78 is 24.4. The maximum Gasteiger partial charge on any atom is 0.158 e. The van der Waals surface area contributed by atoms with Gasteiger partial charge < -0.3 is 4.74 Å². The predicted octanol–water partition coefficient (Wildman–Crippen LogP) is 22.2. The zero-order valence-corrected chi connectivity index (χ0v) is 53.1. The van der Waals surface area contributed by atoms with E-state index in [4.69, 9.17) is 4.74 Å². The fourth-order valence-corrected chi connectivity index (χ4v) is 16.8. The van der Waals surface area contributed by atoms with Crippen molar-refractivity contribution in [3.8, 4) is 11.5 Å². The lowest BCUT2D eigenvalue weighted by atomic mass is 10.0. The summed E-state index contributed by atoms with van der Waals surface area (Å²) in [5.41, 5.74) is 2.37. The Morgan fingerprint density at radius 1 is 0.213 bits per heavy atom. The zero-order chi connectivity index (χ0) is 36.0. The third-order valence-electron chi connectivity index (χ3n) is 5.77. The van der Waals surface area contributed by atoms with E-state index in [0.717, 1.165) is 102 Å². The number of rotatable bonds is 5. The van der Waals surface area contributed by atoms with Crippen LogP contribution in [-0.4, -0.2) is 0 Å². The molecule has 0 heterocycles. The van der Waals surface area contributed by atoms with Gasteiger partial charge in [0.15, 0.2) is 11.5 Å². The van der Waals surface area contributed by atoms with E-state index in [2.05, 4.69) is 319 Å². The van der Waals surface area contributed by atoms with Crippen LogP contribution in [0, 0.1) is 0 Å². The molecule has 254 valence electrons. The molecule has 0 aliphatic carbocycles. The van der Waals surface area contributed by atoms with E-state index >= 15 is 0 Å². The summed E-state index contributed by atoms with van der Waals surface area (Å²) in [5.74, 6) is 1.24. The van der Waals surface area contributed by atoms with Crippen molar-refractivity contribution in [1.82, 2.24) is 0 Å². The van der Waals surface area contributed by atoms with Crippen LogP contribution in [0.25, 0.3) is 0 Å². The van der Waals surface area contributed by atoms with Gasteiger partial charge in [-0.1, -0.05) is 0 Å². The van der Waals surface area contributed by atoms with Crippen LogP contribution in [0.3, 0.4) is 0 Å². The van der Waals surface area contributed by atoms with Gasteiger partial charge in [0.2, 0.25) is 0 Å². The van der Waals surface area contributed by atoms with Gasteiger partial charge in [-0.05, 0) is 343 Å².